The van der Waals surface area contributed by atoms with Crippen LogP contribution in [0, 0.1) is 5.92 Å². The van der Waals surface area contributed by atoms with E-state index in [1.807, 2.05) is 6.08 Å². The molecule has 0 saturated carbocycles. The van der Waals surface area contributed by atoms with Crippen molar-refractivity contribution < 1.29 is 4.79 Å². The van der Waals surface area contributed by atoms with Crippen molar-refractivity contribution in [2.24, 2.45) is 5.92 Å². The van der Waals surface area contributed by atoms with Gasteiger partial charge in [-0.15, -0.1) is 0 Å². The van der Waals surface area contributed by atoms with E-state index in [1.54, 1.807) is 0 Å². The van der Waals surface area contributed by atoms with Gasteiger partial charge in [-0.1, -0.05) is 18.5 Å². The van der Waals surface area contributed by atoms with Crippen molar-refractivity contribution in [3.8, 4) is 0 Å². The molecule has 1 rings (SSSR count). The Labute approximate surface area is 82.1 Å². The molecule has 1 amide bonds. The van der Waals surface area contributed by atoms with Gasteiger partial charge in [-0.2, -0.15) is 0 Å². The average Bonchev–Trinajstić information content (AvgIpc) is 2.13. The first kappa shape index (κ1) is 9.87. The Morgan fingerprint density at radius 1 is 1.75 bits per heavy atom. The van der Waals surface area contributed by atoms with E-state index in [1.165, 1.54) is 4.90 Å². The zero-order valence-electron chi connectivity index (χ0n) is 6.89. The van der Waals surface area contributed by atoms with Crippen molar-refractivity contribution in [1.29, 1.82) is 0 Å². The second kappa shape index (κ2) is 4.15. The van der Waals surface area contributed by atoms with Gasteiger partial charge >= 0.3 is 5.37 Å². The monoisotopic (exact) mass is 207 g/mol. The molecule has 0 saturated heterocycles. The Hall–Kier alpha value is -0.210. The van der Waals surface area contributed by atoms with E-state index in [2.05, 4.69) is 6.92 Å². The summed E-state index contributed by atoms with van der Waals surface area (Å²) in [6, 6.07) is 0. The molecular formula is C8H11Cl2NO. The van der Waals surface area contributed by atoms with Crippen molar-refractivity contribution in [2.45, 2.75) is 19.8 Å². The maximum Gasteiger partial charge on any atom is 0.321 e. The minimum Gasteiger partial charge on any atom is -0.289 e. The zero-order valence-corrected chi connectivity index (χ0v) is 8.40. The fourth-order valence-electron chi connectivity index (χ4n) is 1.24. The number of allylic oxidation sites excluding steroid dienone is 1. The highest BCUT2D eigenvalue weighted by molar-refractivity contribution is 6.63. The fourth-order valence-corrected chi connectivity index (χ4v) is 1.70. The third-order valence-electron chi connectivity index (χ3n) is 1.94. The van der Waals surface area contributed by atoms with Gasteiger partial charge in [-0.05, 0) is 36.4 Å². The Kier molecular flexibility index (Phi) is 3.41. The van der Waals surface area contributed by atoms with Gasteiger partial charge in [-0.25, -0.2) is 0 Å². The number of carbonyl (C=O) groups excluding carboxylic acids is 1. The topological polar surface area (TPSA) is 20.3 Å². The Morgan fingerprint density at radius 2 is 2.42 bits per heavy atom. The molecule has 0 aromatic heterocycles. The number of carbonyl (C=O) groups is 1. The molecule has 68 valence electrons. The summed E-state index contributed by atoms with van der Waals surface area (Å²) in [5.41, 5.74) is 0. The highest BCUT2D eigenvalue weighted by atomic mass is 35.5. The molecule has 1 atom stereocenters. The van der Waals surface area contributed by atoms with Crippen molar-refractivity contribution in [3.63, 3.8) is 0 Å². The first-order valence-electron chi connectivity index (χ1n) is 3.94. The molecule has 0 radical (unpaired) electrons. The van der Waals surface area contributed by atoms with Gasteiger partial charge < -0.3 is 0 Å². The molecule has 0 spiro atoms. The highest BCUT2D eigenvalue weighted by Crippen LogP contribution is 2.22. The molecule has 12 heavy (non-hydrogen) atoms. The number of halogens is 2. The van der Waals surface area contributed by atoms with E-state index in [4.69, 9.17) is 23.2 Å². The second-order valence-corrected chi connectivity index (χ2v) is 3.78. The summed E-state index contributed by atoms with van der Waals surface area (Å²) in [4.78, 5) is 12.3. The number of rotatable bonds is 0. The van der Waals surface area contributed by atoms with Crippen LogP contribution in [0.5, 0.6) is 0 Å². The van der Waals surface area contributed by atoms with Crippen LogP contribution in [0.3, 0.4) is 0 Å². The molecule has 0 bridgehead atoms. The molecule has 1 unspecified atom stereocenters. The fraction of sp³-hybridized carbons (Fsp3) is 0.625. The predicted octanol–water partition coefficient (Wildman–Crippen LogP) is 3.16. The van der Waals surface area contributed by atoms with Crippen LogP contribution in [-0.2, 0) is 0 Å². The average molecular weight is 208 g/mol. The maximum atomic E-state index is 10.9. The van der Waals surface area contributed by atoms with E-state index < -0.39 is 5.37 Å². The number of nitrogens with zero attached hydrogens (tertiary/aromatic N) is 1. The lowest BCUT2D eigenvalue weighted by atomic mass is 10.1. The van der Waals surface area contributed by atoms with Crippen molar-refractivity contribution >= 4 is 28.6 Å². The Morgan fingerprint density at radius 3 is 3.00 bits per heavy atom. The third-order valence-corrected chi connectivity index (χ3v) is 2.50. The van der Waals surface area contributed by atoms with E-state index in [9.17, 15) is 4.79 Å². The largest absolute Gasteiger partial charge is 0.321 e. The molecule has 0 fully saturated rings. The van der Waals surface area contributed by atoms with Crippen molar-refractivity contribution in [1.82, 2.24) is 4.90 Å². The first-order chi connectivity index (χ1) is 5.61. The Bertz CT molecular complexity index is 215. The SMILES string of the molecule is CC1CCC=C(Cl)N(C(=O)Cl)C1. The van der Waals surface area contributed by atoms with Crippen LogP contribution in [0.25, 0.3) is 0 Å². The van der Waals surface area contributed by atoms with Crippen molar-refractivity contribution in [2.75, 3.05) is 6.54 Å². The highest BCUT2D eigenvalue weighted by Gasteiger charge is 2.19. The lowest BCUT2D eigenvalue weighted by molar-refractivity contribution is 0.231. The summed E-state index contributed by atoms with van der Waals surface area (Å²) < 4.78 is 0. The molecule has 0 aliphatic carbocycles. The van der Waals surface area contributed by atoms with E-state index >= 15 is 0 Å². The smallest absolute Gasteiger partial charge is 0.289 e. The first-order valence-corrected chi connectivity index (χ1v) is 4.69. The van der Waals surface area contributed by atoms with Gasteiger partial charge in [0.15, 0.2) is 0 Å². The van der Waals surface area contributed by atoms with Crippen LogP contribution < -0.4 is 0 Å². The van der Waals surface area contributed by atoms with Crippen LogP contribution in [0.1, 0.15) is 19.8 Å². The summed E-state index contributed by atoms with van der Waals surface area (Å²) in [6.07, 6.45) is 3.81. The molecular weight excluding hydrogens is 197 g/mol. The molecule has 1 aliphatic heterocycles. The lowest BCUT2D eigenvalue weighted by Crippen LogP contribution is -2.27. The van der Waals surface area contributed by atoms with E-state index in [0.29, 0.717) is 17.6 Å². The number of amides is 1. The molecule has 1 heterocycles. The molecule has 4 heteroatoms. The predicted molar refractivity (Wildman–Crippen MR) is 50.3 cm³/mol. The maximum absolute atomic E-state index is 10.9. The summed E-state index contributed by atoms with van der Waals surface area (Å²) >= 11 is 11.2. The normalized spacial score (nSPS) is 24.8. The van der Waals surface area contributed by atoms with E-state index in [0.717, 1.165) is 12.8 Å². The minimum absolute atomic E-state index is 0.458. The summed E-state index contributed by atoms with van der Waals surface area (Å²) in [6.45, 7) is 2.70. The van der Waals surface area contributed by atoms with Gasteiger partial charge in [-0.3, -0.25) is 9.69 Å². The molecule has 0 aromatic carbocycles. The van der Waals surface area contributed by atoms with Crippen LogP contribution >= 0.6 is 23.2 Å². The Balaban J connectivity index is 2.73. The van der Waals surface area contributed by atoms with Gasteiger partial charge in [0.05, 0.1) is 0 Å². The summed E-state index contributed by atoms with van der Waals surface area (Å²) in [7, 11) is 0. The lowest BCUT2D eigenvalue weighted by Gasteiger charge is -2.19. The van der Waals surface area contributed by atoms with Crippen LogP contribution in [0.4, 0.5) is 4.79 Å². The van der Waals surface area contributed by atoms with Gasteiger partial charge in [0.25, 0.3) is 0 Å². The summed E-state index contributed by atoms with van der Waals surface area (Å²) in [5, 5.41) is -0.0376. The molecule has 0 N–H and O–H groups in total. The van der Waals surface area contributed by atoms with Gasteiger partial charge in [0, 0.05) is 6.54 Å². The van der Waals surface area contributed by atoms with E-state index in [-0.39, 0.29) is 0 Å². The van der Waals surface area contributed by atoms with Gasteiger partial charge in [0.1, 0.15) is 5.16 Å². The standard InChI is InChI=1S/C8H11Cl2NO/c1-6-3-2-4-7(9)11(5-6)8(10)12/h4,6H,2-3,5H2,1H3. The second-order valence-electron chi connectivity index (χ2n) is 3.07. The van der Waals surface area contributed by atoms with Crippen molar-refractivity contribution in [3.05, 3.63) is 11.2 Å². The number of hydrogen-bond acceptors (Lipinski definition) is 1. The minimum atomic E-state index is -0.495. The summed E-state index contributed by atoms with van der Waals surface area (Å²) in [5.74, 6) is 0.459. The molecule has 2 nitrogen and oxygen atoms in total. The van der Waals surface area contributed by atoms with Crippen LogP contribution in [0.15, 0.2) is 11.2 Å². The van der Waals surface area contributed by atoms with Crippen LogP contribution in [0.2, 0.25) is 0 Å². The van der Waals surface area contributed by atoms with Crippen LogP contribution in [-0.4, -0.2) is 16.8 Å². The molecule has 0 aromatic rings. The quantitative estimate of drug-likeness (QED) is 0.442. The number of hydrogen-bond donors (Lipinski definition) is 0. The van der Waals surface area contributed by atoms with Gasteiger partial charge in [0.2, 0.25) is 0 Å². The third kappa shape index (κ3) is 2.39. The molecule has 1 aliphatic rings. The zero-order chi connectivity index (χ0) is 9.14.